The molecule has 0 bridgehead atoms. The highest BCUT2D eigenvalue weighted by Gasteiger charge is 2.45. The van der Waals surface area contributed by atoms with Gasteiger partial charge < -0.3 is 24.1 Å². The molecule has 1 aliphatic carbocycles. The molecule has 1 aliphatic heterocycles. The molecule has 32 heavy (non-hydrogen) atoms. The van der Waals surface area contributed by atoms with Gasteiger partial charge in [-0.15, -0.1) is 0 Å². The fourth-order valence-corrected chi connectivity index (χ4v) is 5.01. The van der Waals surface area contributed by atoms with Crippen LogP contribution in [0.15, 0.2) is 12.2 Å². The first-order valence-corrected chi connectivity index (χ1v) is 12.3. The van der Waals surface area contributed by atoms with E-state index in [1.165, 1.54) is 14.0 Å². The zero-order valence-corrected chi connectivity index (χ0v) is 20.1. The number of unbranched alkanes of at least 4 members (excludes halogenated alkanes) is 3. The molecule has 0 spiro atoms. The molecule has 0 radical (unpaired) electrons. The van der Waals surface area contributed by atoms with Gasteiger partial charge in [-0.1, -0.05) is 31.9 Å². The maximum atomic E-state index is 11.6. The number of methoxy groups -OCH3 is 1. The van der Waals surface area contributed by atoms with Crippen LogP contribution >= 0.6 is 0 Å². The van der Waals surface area contributed by atoms with Crippen molar-refractivity contribution < 1.29 is 33.6 Å². The van der Waals surface area contributed by atoms with Gasteiger partial charge in [0.15, 0.2) is 5.79 Å². The third-order valence-corrected chi connectivity index (χ3v) is 6.70. The molecule has 2 fully saturated rings. The fourth-order valence-electron chi connectivity index (χ4n) is 5.01. The van der Waals surface area contributed by atoms with E-state index in [1.54, 1.807) is 0 Å². The van der Waals surface area contributed by atoms with Gasteiger partial charge in [0.05, 0.1) is 26.4 Å². The molecule has 0 amide bonds. The largest absolute Gasteiger partial charge is 0.469 e. The second kappa shape index (κ2) is 14.0. The number of allylic oxidation sites excluding steroid dienone is 2. The minimum atomic E-state index is -0.539. The van der Waals surface area contributed by atoms with Crippen molar-refractivity contribution in [3.05, 3.63) is 12.2 Å². The molecule has 1 heterocycles. The molecule has 184 valence electrons. The van der Waals surface area contributed by atoms with Crippen LogP contribution in [0.5, 0.6) is 0 Å². The Morgan fingerprint density at radius 1 is 1.09 bits per heavy atom. The van der Waals surface area contributed by atoms with Gasteiger partial charge in [0.2, 0.25) is 0 Å². The molecule has 4 atom stereocenters. The fraction of sp³-hybridized carbons (Fsp3) is 0.840. The number of hydrogen-bond acceptors (Lipinski definition) is 7. The van der Waals surface area contributed by atoms with E-state index in [1.807, 2.05) is 0 Å². The molecular weight excluding hydrogens is 412 g/mol. The maximum absolute atomic E-state index is 11.6. The number of aliphatic hydroxyl groups is 1. The van der Waals surface area contributed by atoms with E-state index < -0.39 is 11.9 Å². The van der Waals surface area contributed by atoms with Crippen molar-refractivity contribution in [3.63, 3.8) is 0 Å². The van der Waals surface area contributed by atoms with Crippen LogP contribution in [0.3, 0.4) is 0 Å². The summed E-state index contributed by atoms with van der Waals surface area (Å²) >= 11 is 0. The van der Waals surface area contributed by atoms with E-state index in [9.17, 15) is 14.7 Å². The lowest BCUT2D eigenvalue weighted by molar-refractivity contribution is -0.172. The number of aliphatic hydroxyl groups excluding tert-OH is 1. The lowest BCUT2D eigenvalue weighted by Crippen LogP contribution is -2.33. The van der Waals surface area contributed by atoms with E-state index in [0.717, 1.165) is 57.8 Å². The number of carbonyl (C=O) groups excluding carboxylic acids is 2. The normalized spacial score (nSPS) is 27.1. The van der Waals surface area contributed by atoms with Crippen LogP contribution in [0.2, 0.25) is 0 Å². The lowest BCUT2D eigenvalue weighted by atomic mass is 9.85. The second-order valence-electron chi connectivity index (χ2n) is 9.06. The average Bonchev–Trinajstić information content (AvgIpc) is 3.33. The summed E-state index contributed by atoms with van der Waals surface area (Å²) in [5.74, 6) is -0.970. The Morgan fingerprint density at radius 2 is 1.84 bits per heavy atom. The second-order valence-corrected chi connectivity index (χ2v) is 9.06. The van der Waals surface area contributed by atoms with Crippen molar-refractivity contribution in [3.8, 4) is 0 Å². The van der Waals surface area contributed by atoms with Gasteiger partial charge >= 0.3 is 11.9 Å². The first-order valence-electron chi connectivity index (χ1n) is 12.3. The number of ether oxygens (including phenoxy) is 4. The average molecular weight is 455 g/mol. The van der Waals surface area contributed by atoms with Gasteiger partial charge in [-0.05, 0) is 38.0 Å². The smallest absolute Gasteiger partial charge is 0.305 e. The highest BCUT2D eigenvalue weighted by molar-refractivity contribution is 5.69. The van der Waals surface area contributed by atoms with Crippen LogP contribution in [0.1, 0.15) is 84.5 Å². The van der Waals surface area contributed by atoms with E-state index in [4.69, 9.17) is 14.2 Å². The molecule has 2 aliphatic rings. The SMILES string of the molecule is CCCCCC1(CC[C@@H]2C(C/C=C\CCCC(=O)OC)[C@@H](OC(C)=O)C[C@@H]2O)OCCO1. The van der Waals surface area contributed by atoms with Gasteiger partial charge in [0, 0.05) is 38.5 Å². The van der Waals surface area contributed by atoms with Crippen LogP contribution in [-0.2, 0) is 28.5 Å². The molecule has 1 N–H and O–H groups in total. The van der Waals surface area contributed by atoms with Gasteiger partial charge in [-0.3, -0.25) is 9.59 Å². The molecular formula is C25H42O7. The van der Waals surface area contributed by atoms with E-state index in [-0.39, 0.29) is 29.9 Å². The molecule has 1 saturated heterocycles. The number of hydrogen-bond donors (Lipinski definition) is 1. The van der Waals surface area contributed by atoms with Gasteiger partial charge in [0.25, 0.3) is 0 Å². The van der Waals surface area contributed by atoms with Gasteiger partial charge in [-0.2, -0.15) is 0 Å². The van der Waals surface area contributed by atoms with Crippen LogP contribution < -0.4 is 0 Å². The van der Waals surface area contributed by atoms with Crippen molar-refractivity contribution in [2.45, 2.75) is 102 Å². The van der Waals surface area contributed by atoms with Gasteiger partial charge in [0.1, 0.15) is 6.10 Å². The van der Waals surface area contributed by atoms with Crippen LogP contribution in [-0.4, -0.2) is 55.4 Å². The number of esters is 2. The summed E-state index contributed by atoms with van der Waals surface area (Å²) in [6, 6.07) is 0. The first-order chi connectivity index (χ1) is 15.4. The van der Waals surface area contributed by atoms with Crippen molar-refractivity contribution in [1.29, 1.82) is 0 Å². The highest BCUT2D eigenvalue weighted by atomic mass is 16.7. The quantitative estimate of drug-likeness (QED) is 0.238. The van der Waals surface area contributed by atoms with Gasteiger partial charge in [-0.25, -0.2) is 0 Å². The molecule has 1 saturated carbocycles. The van der Waals surface area contributed by atoms with Crippen LogP contribution in [0.25, 0.3) is 0 Å². The number of rotatable bonds is 14. The Bertz CT molecular complexity index is 597. The summed E-state index contributed by atoms with van der Waals surface area (Å²) in [4.78, 5) is 22.9. The zero-order chi connectivity index (χ0) is 23.4. The third-order valence-electron chi connectivity index (χ3n) is 6.70. The van der Waals surface area contributed by atoms with Crippen LogP contribution in [0, 0.1) is 11.8 Å². The Kier molecular flexibility index (Phi) is 11.7. The highest BCUT2D eigenvalue weighted by Crippen LogP contribution is 2.42. The summed E-state index contributed by atoms with van der Waals surface area (Å²) in [5, 5.41) is 10.8. The van der Waals surface area contributed by atoms with Crippen molar-refractivity contribution >= 4 is 11.9 Å². The molecule has 7 heteroatoms. The molecule has 0 aromatic rings. The summed E-state index contributed by atoms with van der Waals surface area (Å²) in [6.07, 6.45) is 12.2. The zero-order valence-electron chi connectivity index (χ0n) is 20.1. The Labute approximate surface area is 192 Å². The van der Waals surface area contributed by atoms with E-state index >= 15 is 0 Å². The summed E-state index contributed by atoms with van der Waals surface area (Å²) in [7, 11) is 1.40. The molecule has 2 rings (SSSR count). The molecule has 1 unspecified atom stereocenters. The first kappa shape index (κ1) is 26.8. The van der Waals surface area contributed by atoms with E-state index in [0.29, 0.717) is 26.1 Å². The maximum Gasteiger partial charge on any atom is 0.305 e. The minimum Gasteiger partial charge on any atom is -0.469 e. The van der Waals surface area contributed by atoms with Crippen molar-refractivity contribution in [2.75, 3.05) is 20.3 Å². The molecule has 7 nitrogen and oxygen atoms in total. The summed E-state index contributed by atoms with van der Waals surface area (Å²) in [5.41, 5.74) is 0. The van der Waals surface area contributed by atoms with Crippen LogP contribution in [0.4, 0.5) is 0 Å². The van der Waals surface area contributed by atoms with E-state index in [2.05, 4.69) is 23.8 Å². The Balaban J connectivity index is 1.95. The third kappa shape index (κ3) is 8.49. The topological polar surface area (TPSA) is 91.3 Å². The Morgan fingerprint density at radius 3 is 2.50 bits per heavy atom. The standard InChI is InChI=1S/C25H42O7/c1-4-5-10-14-25(30-16-17-31-25)15-13-20-21(23(18-22(20)27)32-19(2)26)11-8-6-7-9-12-24(28)29-3/h6,8,20-23,27H,4-5,7,9-18H2,1-3H3/b8-6-/t20-,21?,22+,23+/m1/s1. The Hall–Kier alpha value is -1.44. The number of carbonyl (C=O) groups is 2. The van der Waals surface area contributed by atoms with Crippen molar-refractivity contribution in [1.82, 2.24) is 0 Å². The molecule has 0 aromatic carbocycles. The predicted octanol–water partition coefficient (Wildman–Crippen LogP) is 4.31. The monoisotopic (exact) mass is 454 g/mol. The molecule has 0 aromatic heterocycles. The minimum absolute atomic E-state index is 0.0231. The van der Waals surface area contributed by atoms with Crippen molar-refractivity contribution in [2.24, 2.45) is 11.8 Å². The summed E-state index contributed by atoms with van der Waals surface area (Å²) < 4.78 is 22.3. The summed E-state index contributed by atoms with van der Waals surface area (Å²) in [6.45, 7) is 4.84. The lowest BCUT2D eigenvalue weighted by Gasteiger charge is -2.31. The predicted molar refractivity (Wildman–Crippen MR) is 121 cm³/mol.